The van der Waals surface area contributed by atoms with Gasteiger partial charge in [0.15, 0.2) is 5.96 Å². The standard InChI is InChI=1S/C21H29N3O.HI/c1-18-10-6-7-13-20(18)16-24-21(22-2)23-14-8-9-15-25-17-19-11-4-3-5-12-19;/h3-7,10-13H,8-9,14-17H2,1-2H3,(H2,22,23,24);1H. The maximum absolute atomic E-state index is 5.70. The number of benzene rings is 2. The third kappa shape index (κ3) is 8.67. The van der Waals surface area contributed by atoms with Crippen LogP contribution in [0.3, 0.4) is 0 Å². The topological polar surface area (TPSA) is 45.7 Å². The summed E-state index contributed by atoms with van der Waals surface area (Å²) < 4.78 is 5.70. The second-order valence-electron chi connectivity index (χ2n) is 6.02. The fourth-order valence-corrected chi connectivity index (χ4v) is 2.51. The van der Waals surface area contributed by atoms with Gasteiger partial charge in [-0.05, 0) is 36.5 Å². The minimum Gasteiger partial charge on any atom is -0.377 e. The van der Waals surface area contributed by atoms with Crippen LogP contribution < -0.4 is 10.6 Å². The van der Waals surface area contributed by atoms with Crippen LogP contribution in [-0.4, -0.2) is 26.2 Å². The zero-order valence-electron chi connectivity index (χ0n) is 15.7. The Morgan fingerprint density at radius 1 is 0.962 bits per heavy atom. The van der Waals surface area contributed by atoms with Crippen molar-refractivity contribution in [1.82, 2.24) is 10.6 Å². The third-order valence-electron chi connectivity index (χ3n) is 4.05. The Hall–Kier alpha value is -1.60. The molecule has 2 rings (SSSR count). The first-order valence-corrected chi connectivity index (χ1v) is 8.90. The number of hydrogen-bond acceptors (Lipinski definition) is 2. The summed E-state index contributed by atoms with van der Waals surface area (Å²) in [5, 5.41) is 6.71. The molecule has 0 bridgehead atoms. The predicted octanol–water partition coefficient (Wildman–Crippen LogP) is 4.28. The van der Waals surface area contributed by atoms with Crippen molar-refractivity contribution in [3.05, 3.63) is 71.3 Å². The van der Waals surface area contributed by atoms with E-state index in [4.69, 9.17) is 4.74 Å². The number of aryl methyl sites for hydroxylation is 1. The van der Waals surface area contributed by atoms with Crippen LogP contribution in [0.25, 0.3) is 0 Å². The highest BCUT2D eigenvalue weighted by atomic mass is 127. The van der Waals surface area contributed by atoms with Crippen LogP contribution in [0.2, 0.25) is 0 Å². The number of unbranched alkanes of at least 4 members (excludes halogenated alkanes) is 1. The second-order valence-corrected chi connectivity index (χ2v) is 6.02. The van der Waals surface area contributed by atoms with Gasteiger partial charge in [0.05, 0.1) is 6.61 Å². The molecule has 2 N–H and O–H groups in total. The van der Waals surface area contributed by atoms with E-state index in [1.807, 2.05) is 18.2 Å². The number of rotatable bonds is 9. The summed E-state index contributed by atoms with van der Waals surface area (Å²) in [4.78, 5) is 4.27. The van der Waals surface area contributed by atoms with E-state index in [9.17, 15) is 0 Å². The molecule has 0 aliphatic rings. The first-order valence-electron chi connectivity index (χ1n) is 8.90. The number of ether oxygens (including phenoxy) is 1. The molecule has 0 aliphatic heterocycles. The minimum atomic E-state index is 0. The van der Waals surface area contributed by atoms with Gasteiger partial charge in [-0.1, -0.05) is 54.6 Å². The molecule has 0 atom stereocenters. The Morgan fingerprint density at radius 3 is 2.42 bits per heavy atom. The number of halogens is 1. The van der Waals surface area contributed by atoms with Crippen LogP contribution in [0.5, 0.6) is 0 Å². The lowest BCUT2D eigenvalue weighted by Crippen LogP contribution is -2.37. The SMILES string of the molecule is CN=C(NCCCCOCc1ccccc1)NCc1ccccc1C.I. The van der Waals surface area contributed by atoms with Crippen LogP contribution >= 0.6 is 24.0 Å². The summed E-state index contributed by atoms with van der Waals surface area (Å²) in [5.41, 5.74) is 3.81. The van der Waals surface area contributed by atoms with E-state index in [-0.39, 0.29) is 24.0 Å². The lowest BCUT2D eigenvalue weighted by atomic mass is 10.1. The van der Waals surface area contributed by atoms with Gasteiger partial charge in [-0.25, -0.2) is 0 Å². The van der Waals surface area contributed by atoms with E-state index >= 15 is 0 Å². The average molecular weight is 467 g/mol. The summed E-state index contributed by atoms with van der Waals surface area (Å²) in [6.07, 6.45) is 2.09. The molecule has 0 saturated heterocycles. The van der Waals surface area contributed by atoms with Crippen molar-refractivity contribution < 1.29 is 4.74 Å². The Morgan fingerprint density at radius 2 is 1.69 bits per heavy atom. The summed E-state index contributed by atoms with van der Waals surface area (Å²) in [7, 11) is 1.80. The van der Waals surface area contributed by atoms with Crippen molar-refractivity contribution in [3.8, 4) is 0 Å². The van der Waals surface area contributed by atoms with Crippen LogP contribution in [-0.2, 0) is 17.9 Å². The van der Waals surface area contributed by atoms with Crippen molar-refractivity contribution >= 4 is 29.9 Å². The molecule has 2 aromatic rings. The van der Waals surface area contributed by atoms with E-state index < -0.39 is 0 Å². The van der Waals surface area contributed by atoms with Gasteiger partial charge in [0.2, 0.25) is 0 Å². The molecule has 0 aromatic heterocycles. The average Bonchev–Trinajstić information content (AvgIpc) is 2.65. The quantitative estimate of drug-likeness (QED) is 0.251. The van der Waals surface area contributed by atoms with E-state index in [1.165, 1.54) is 16.7 Å². The Labute approximate surface area is 174 Å². The molecule has 0 heterocycles. The summed E-state index contributed by atoms with van der Waals surface area (Å²) in [6.45, 7) is 5.27. The minimum absolute atomic E-state index is 0. The molecule has 0 unspecified atom stereocenters. The van der Waals surface area contributed by atoms with Gasteiger partial charge >= 0.3 is 0 Å². The summed E-state index contributed by atoms with van der Waals surface area (Å²) in [6, 6.07) is 18.7. The third-order valence-corrected chi connectivity index (χ3v) is 4.05. The summed E-state index contributed by atoms with van der Waals surface area (Å²) >= 11 is 0. The highest BCUT2D eigenvalue weighted by molar-refractivity contribution is 14.0. The van der Waals surface area contributed by atoms with Gasteiger partial charge in [0, 0.05) is 26.7 Å². The largest absolute Gasteiger partial charge is 0.377 e. The van der Waals surface area contributed by atoms with Crippen LogP contribution in [0.4, 0.5) is 0 Å². The number of nitrogens with zero attached hydrogens (tertiary/aromatic N) is 1. The van der Waals surface area contributed by atoms with Gasteiger partial charge in [-0.3, -0.25) is 4.99 Å². The first-order chi connectivity index (χ1) is 12.3. The molecular weight excluding hydrogens is 437 g/mol. The van der Waals surface area contributed by atoms with E-state index in [2.05, 4.69) is 58.9 Å². The predicted molar refractivity (Wildman–Crippen MR) is 120 cm³/mol. The molecule has 0 saturated carbocycles. The molecule has 4 nitrogen and oxygen atoms in total. The molecule has 0 radical (unpaired) electrons. The number of aliphatic imine (C=N–C) groups is 1. The molecule has 0 amide bonds. The lowest BCUT2D eigenvalue weighted by Gasteiger charge is -2.13. The van der Waals surface area contributed by atoms with E-state index in [1.54, 1.807) is 7.05 Å². The highest BCUT2D eigenvalue weighted by Gasteiger charge is 2.00. The van der Waals surface area contributed by atoms with Gasteiger partial charge in [-0.15, -0.1) is 24.0 Å². The normalized spacial score (nSPS) is 10.9. The second kappa shape index (κ2) is 13.6. The van der Waals surface area contributed by atoms with Gasteiger partial charge in [-0.2, -0.15) is 0 Å². The van der Waals surface area contributed by atoms with E-state index in [0.29, 0.717) is 6.61 Å². The van der Waals surface area contributed by atoms with Crippen LogP contribution in [0.15, 0.2) is 59.6 Å². The van der Waals surface area contributed by atoms with Gasteiger partial charge in [0.1, 0.15) is 0 Å². The van der Waals surface area contributed by atoms with E-state index in [0.717, 1.165) is 38.5 Å². The Balaban J connectivity index is 0.00000338. The Kier molecular flexibility index (Phi) is 11.7. The number of nitrogens with one attached hydrogen (secondary N) is 2. The zero-order valence-corrected chi connectivity index (χ0v) is 18.0. The highest BCUT2D eigenvalue weighted by Crippen LogP contribution is 2.06. The van der Waals surface area contributed by atoms with Crippen molar-refractivity contribution in [2.24, 2.45) is 4.99 Å². The van der Waals surface area contributed by atoms with Gasteiger partial charge < -0.3 is 15.4 Å². The van der Waals surface area contributed by atoms with Crippen molar-refractivity contribution in [3.63, 3.8) is 0 Å². The molecule has 5 heteroatoms. The molecule has 0 fully saturated rings. The zero-order chi connectivity index (χ0) is 17.7. The molecular formula is C21H30IN3O. The monoisotopic (exact) mass is 467 g/mol. The van der Waals surface area contributed by atoms with Crippen molar-refractivity contribution in [2.45, 2.75) is 32.9 Å². The molecule has 26 heavy (non-hydrogen) atoms. The molecule has 0 spiro atoms. The smallest absolute Gasteiger partial charge is 0.191 e. The maximum Gasteiger partial charge on any atom is 0.191 e. The van der Waals surface area contributed by atoms with Crippen LogP contribution in [0, 0.1) is 6.92 Å². The number of hydrogen-bond donors (Lipinski definition) is 2. The van der Waals surface area contributed by atoms with Crippen LogP contribution in [0.1, 0.15) is 29.5 Å². The maximum atomic E-state index is 5.70. The lowest BCUT2D eigenvalue weighted by molar-refractivity contribution is 0.117. The first kappa shape index (κ1) is 22.4. The fourth-order valence-electron chi connectivity index (χ4n) is 2.51. The number of guanidine groups is 1. The van der Waals surface area contributed by atoms with Crippen molar-refractivity contribution in [1.29, 1.82) is 0 Å². The molecule has 142 valence electrons. The molecule has 2 aromatic carbocycles. The summed E-state index contributed by atoms with van der Waals surface area (Å²) in [5.74, 6) is 0.841. The fraction of sp³-hybridized carbons (Fsp3) is 0.381. The Bertz CT molecular complexity index is 647. The van der Waals surface area contributed by atoms with Crippen molar-refractivity contribution in [2.75, 3.05) is 20.2 Å². The van der Waals surface area contributed by atoms with Gasteiger partial charge in [0.25, 0.3) is 0 Å². The molecule has 0 aliphatic carbocycles.